The number of anilines is 1. The topological polar surface area (TPSA) is 119 Å². The molecule has 0 aliphatic heterocycles. The molecule has 0 heterocycles. The molecule has 0 radical (unpaired) electrons. The van der Waals surface area contributed by atoms with Crippen LogP contribution in [0.2, 0.25) is 5.02 Å². The van der Waals surface area contributed by atoms with E-state index in [4.69, 9.17) is 11.6 Å². The van der Waals surface area contributed by atoms with Gasteiger partial charge in [0.05, 0.1) is 36.8 Å². The van der Waals surface area contributed by atoms with Crippen LogP contribution in [-0.2, 0) is 24.3 Å². The summed E-state index contributed by atoms with van der Waals surface area (Å²) in [5.74, 6) is -2.11. The highest BCUT2D eigenvalue weighted by molar-refractivity contribution is 7.89. The van der Waals surface area contributed by atoms with Gasteiger partial charge in [0, 0.05) is 17.3 Å². The first-order valence-corrected chi connectivity index (χ1v) is 10.8. The van der Waals surface area contributed by atoms with Crippen LogP contribution < -0.4 is 5.32 Å². The van der Waals surface area contributed by atoms with E-state index in [-0.39, 0.29) is 28.3 Å². The first-order chi connectivity index (χ1) is 14.6. The molecule has 0 spiro atoms. The summed E-state index contributed by atoms with van der Waals surface area (Å²) < 4.78 is 35.9. The summed E-state index contributed by atoms with van der Waals surface area (Å²) in [5.41, 5.74) is 0.136. The molecular formula is C20H21ClN2O7S. The summed E-state index contributed by atoms with van der Waals surface area (Å²) in [6.07, 6.45) is 0. The molecule has 31 heavy (non-hydrogen) atoms. The fraction of sp³-hybridized carbons (Fsp3) is 0.250. The van der Waals surface area contributed by atoms with Crippen molar-refractivity contribution in [2.24, 2.45) is 0 Å². The molecule has 0 aliphatic carbocycles. The molecule has 1 amide bonds. The Morgan fingerprint density at radius 2 is 1.48 bits per heavy atom. The molecule has 0 saturated carbocycles. The van der Waals surface area contributed by atoms with Gasteiger partial charge in [0.2, 0.25) is 15.9 Å². The maximum absolute atomic E-state index is 12.8. The molecule has 1 N–H and O–H groups in total. The lowest BCUT2D eigenvalue weighted by molar-refractivity contribution is -0.116. The third-order valence-corrected chi connectivity index (χ3v) is 6.37. The van der Waals surface area contributed by atoms with Gasteiger partial charge < -0.3 is 14.8 Å². The third kappa shape index (κ3) is 6.03. The van der Waals surface area contributed by atoms with Crippen LogP contribution in [0.1, 0.15) is 27.6 Å². The van der Waals surface area contributed by atoms with Gasteiger partial charge in [-0.15, -0.1) is 0 Å². The van der Waals surface area contributed by atoms with Crippen molar-refractivity contribution in [3.8, 4) is 0 Å². The number of ether oxygens (including phenoxy) is 2. The van der Waals surface area contributed by atoms with E-state index < -0.39 is 34.4 Å². The summed E-state index contributed by atoms with van der Waals surface area (Å²) in [6, 6.07) is 9.45. The first-order valence-electron chi connectivity index (χ1n) is 8.99. The zero-order valence-electron chi connectivity index (χ0n) is 17.0. The fourth-order valence-corrected chi connectivity index (χ4v) is 4.19. The molecule has 2 aromatic rings. The van der Waals surface area contributed by atoms with Crippen molar-refractivity contribution in [3.05, 3.63) is 58.6 Å². The van der Waals surface area contributed by atoms with E-state index in [0.717, 1.165) is 4.31 Å². The monoisotopic (exact) mass is 468 g/mol. The Morgan fingerprint density at radius 1 is 0.968 bits per heavy atom. The Hall–Kier alpha value is -2.95. The zero-order chi connectivity index (χ0) is 23.2. The first kappa shape index (κ1) is 24.3. The number of amides is 1. The van der Waals surface area contributed by atoms with Crippen LogP contribution in [0.3, 0.4) is 0 Å². The van der Waals surface area contributed by atoms with E-state index in [1.54, 1.807) is 6.92 Å². The van der Waals surface area contributed by atoms with Crippen molar-refractivity contribution < 1.29 is 32.3 Å². The Bertz CT molecular complexity index is 1050. The van der Waals surface area contributed by atoms with Gasteiger partial charge in [-0.3, -0.25) is 4.79 Å². The van der Waals surface area contributed by atoms with Gasteiger partial charge in [-0.05, 0) is 42.5 Å². The van der Waals surface area contributed by atoms with Crippen LogP contribution in [0.25, 0.3) is 0 Å². The van der Waals surface area contributed by atoms with E-state index in [1.807, 2.05) is 0 Å². The van der Waals surface area contributed by atoms with Gasteiger partial charge in [-0.2, -0.15) is 4.31 Å². The van der Waals surface area contributed by atoms with E-state index in [2.05, 4.69) is 14.8 Å². The van der Waals surface area contributed by atoms with Gasteiger partial charge in [0.25, 0.3) is 0 Å². The lowest BCUT2D eigenvalue weighted by Crippen LogP contribution is -2.37. The third-order valence-electron chi connectivity index (χ3n) is 4.18. The highest BCUT2D eigenvalue weighted by Crippen LogP contribution is 2.20. The Balaban J connectivity index is 2.26. The highest BCUT2D eigenvalue weighted by atomic mass is 35.5. The molecular weight excluding hydrogens is 448 g/mol. The number of halogens is 1. The molecule has 0 aliphatic rings. The zero-order valence-corrected chi connectivity index (χ0v) is 18.6. The molecule has 2 aromatic carbocycles. The summed E-state index contributed by atoms with van der Waals surface area (Å²) in [5, 5.41) is 2.88. The summed E-state index contributed by atoms with van der Waals surface area (Å²) in [6.45, 7) is 1.14. The number of carbonyl (C=O) groups is 3. The lowest BCUT2D eigenvalue weighted by atomic mass is 10.1. The second-order valence-corrected chi connectivity index (χ2v) is 8.59. The number of nitrogens with zero attached hydrogens (tertiary/aromatic N) is 1. The van der Waals surface area contributed by atoms with Crippen molar-refractivity contribution in [2.75, 3.05) is 32.6 Å². The normalized spacial score (nSPS) is 11.1. The number of benzene rings is 2. The van der Waals surface area contributed by atoms with Crippen LogP contribution in [0, 0.1) is 0 Å². The number of hydrogen-bond acceptors (Lipinski definition) is 7. The second-order valence-electron chi connectivity index (χ2n) is 6.22. The fourth-order valence-electron chi connectivity index (χ4n) is 2.65. The average molecular weight is 469 g/mol. The van der Waals surface area contributed by atoms with Gasteiger partial charge in [-0.25, -0.2) is 18.0 Å². The number of nitrogens with one attached hydrogen (secondary N) is 1. The van der Waals surface area contributed by atoms with Gasteiger partial charge in [0.1, 0.15) is 0 Å². The van der Waals surface area contributed by atoms with Gasteiger partial charge >= 0.3 is 11.9 Å². The van der Waals surface area contributed by atoms with Crippen LogP contribution in [0.5, 0.6) is 0 Å². The molecule has 0 atom stereocenters. The Morgan fingerprint density at radius 3 is 1.94 bits per heavy atom. The predicted molar refractivity (Wildman–Crippen MR) is 114 cm³/mol. The lowest BCUT2D eigenvalue weighted by Gasteiger charge is -2.20. The maximum Gasteiger partial charge on any atom is 0.337 e. The van der Waals surface area contributed by atoms with Crippen molar-refractivity contribution in [1.82, 2.24) is 4.31 Å². The minimum Gasteiger partial charge on any atom is -0.465 e. The second kappa shape index (κ2) is 10.4. The van der Waals surface area contributed by atoms with Crippen LogP contribution in [0.4, 0.5) is 5.69 Å². The van der Waals surface area contributed by atoms with Gasteiger partial charge in [-0.1, -0.05) is 18.5 Å². The molecule has 166 valence electrons. The summed E-state index contributed by atoms with van der Waals surface area (Å²) in [4.78, 5) is 36.3. The van der Waals surface area contributed by atoms with Crippen molar-refractivity contribution in [3.63, 3.8) is 0 Å². The van der Waals surface area contributed by atoms with Crippen molar-refractivity contribution >= 4 is 45.2 Å². The Kier molecular flexibility index (Phi) is 8.14. The maximum atomic E-state index is 12.8. The largest absolute Gasteiger partial charge is 0.465 e. The van der Waals surface area contributed by atoms with E-state index in [1.165, 1.54) is 56.7 Å². The number of hydrogen-bond donors (Lipinski definition) is 1. The smallest absolute Gasteiger partial charge is 0.337 e. The molecule has 0 fully saturated rings. The van der Waals surface area contributed by atoms with Crippen LogP contribution in [-0.4, -0.2) is 57.9 Å². The molecule has 0 aromatic heterocycles. The number of methoxy groups -OCH3 is 2. The van der Waals surface area contributed by atoms with Gasteiger partial charge in [0.15, 0.2) is 0 Å². The number of likely N-dealkylation sites (N-methyl/N-ethyl adjacent to an activating group) is 1. The predicted octanol–water partition coefficient (Wildman–Crippen LogP) is 2.56. The van der Waals surface area contributed by atoms with E-state index >= 15 is 0 Å². The molecule has 9 nitrogen and oxygen atoms in total. The standard InChI is InChI=1S/C20H21ClN2O7S/c1-4-23(31(27,28)17-7-5-15(21)6-8-17)12-18(24)22-16-10-13(19(25)29-2)9-14(11-16)20(26)30-3/h5-11H,4,12H2,1-3H3,(H,22,24). The van der Waals surface area contributed by atoms with Crippen molar-refractivity contribution in [2.45, 2.75) is 11.8 Å². The van der Waals surface area contributed by atoms with Crippen LogP contribution in [0.15, 0.2) is 47.4 Å². The van der Waals surface area contributed by atoms with Crippen molar-refractivity contribution in [1.29, 1.82) is 0 Å². The molecule has 0 bridgehead atoms. The minimum atomic E-state index is -3.94. The number of esters is 2. The average Bonchev–Trinajstić information content (AvgIpc) is 2.76. The molecule has 11 heteroatoms. The minimum absolute atomic E-state index is 0.00721. The number of rotatable bonds is 8. The number of sulfonamides is 1. The summed E-state index contributed by atoms with van der Waals surface area (Å²) >= 11 is 5.80. The molecule has 2 rings (SSSR count). The van der Waals surface area contributed by atoms with Crippen LogP contribution >= 0.6 is 11.6 Å². The van der Waals surface area contributed by atoms with E-state index in [9.17, 15) is 22.8 Å². The SMILES string of the molecule is CCN(CC(=O)Nc1cc(C(=O)OC)cc(C(=O)OC)c1)S(=O)(=O)c1ccc(Cl)cc1. The van der Waals surface area contributed by atoms with E-state index in [0.29, 0.717) is 5.02 Å². The molecule has 0 saturated heterocycles. The highest BCUT2D eigenvalue weighted by Gasteiger charge is 2.25. The Labute approximate surface area is 184 Å². The molecule has 0 unspecified atom stereocenters. The number of carbonyl (C=O) groups excluding carboxylic acids is 3. The quantitative estimate of drug-likeness (QED) is 0.591. The summed E-state index contributed by atoms with van der Waals surface area (Å²) in [7, 11) is -1.60.